The van der Waals surface area contributed by atoms with Crippen molar-refractivity contribution >= 4 is 22.4 Å². The van der Waals surface area contributed by atoms with Crippen LogP contribution in [0.2, 0.25) is 0 Å². The standard InChI is InChI=1S/C17H12N6O2/c24-16-13-4-2-1-3-12(13)15(21-22-16)10-5-7-11(8-6-10)19-17(25)14-9-18-23-20-14/h1-9H,(H,19,25)(H,22,24)(H,18,20,23). The average Bonchev–Trinajstić information content (AvgIpc) is 3.18. The number of fused-ring (bicyclic) bond motifs is 1. The maximum absolute atomic E-state index is 12.0. The van der Waals surface area contributed by atoms with Crippen molar-refractivity contribution in [3.8, 4) is 11.3 Å². The molecule has 0 spiro atoms. The molecule has 2 aromatic heterocycles. The lowest BCUT2D eigenvalue weighted by molar-refractivity contribution is 0.102. The summed E-state index contributed by atoms with van der Waals surface area (Å²) in [4.78, 5) is 23.8. The van der Waals surface area contributed by atoms with Gasteiger partial charge in [-0.25, -0.2) is 5.10 Å². The van der Waals surface area contributed by atoms with Gasteiger partial charge in [0.2, 0.25) is 0 Å². The Bertz CT molecular complexity index is 1100. The number of anilines is 1. The van der Waals surface area contributed by atoms with E-state index in [9.17, 15) is 9.59 Å². The van der Waals surface area contributed by atoms with Crippen molar-refractivity contribution in [3.63, 3.8) is 0 Å². The summed E-state index contributed by atoms with van der Waals surface area (Å²) in [5, 5.41) is 20.5. The number of carbonyl (C=O) groups excluding carboxylic acids is 1. The molecule has 0 atom stereocenters. The van der Waals surface area contributed by atoms with E-state index in [1.54, 1.807) is 18.2 Å². The fourth-order valence-corrected chi connectivity index (χ4v) is 2.55. The molecule has 0 aliphatic carbocycles. The minimum Gasteiger partial charge on any atom is -0.321 e. The lowest BCUT2D eigenvalue weighted by Crippen LogP contribution is -2.12. The van der Waals surface area contributed by atoms with Gasteiger partial charge in [0.15, 0.2) is 5.69 Å². The van der Waals surface area contributed by atoms with Gasteiger partial charge in [0.1, 0.15) is 0 Å². The smallest absolute Gasteiger partial charge is 0.277 e. The van der Waals surface area contributed by atoms with E-state index in [0.717, 1.165) is 10.9 Å². The second kappa shape index (κ2) is 6.00. The first kappa shape index (κ1) is 14.8. The van der Waals surface area contributed by atoms with Crippen LogP contribution in [0.25, 0.3) is 22.0 Å². The third-order valence-electron chi connectivity index (χ3n) is 3.76. The zero-order valence-electron chi connectivity index (χ0n) is 12.9. The van der Waals surface area contributed by atoms with E-state index < -0.39 is 0 Å². The van der Waals surface area contributed by atoms with Crippen molar-refractivity contribution < 1.29 is 4.79 Å². The maximum Gasteiger partial charge on any atom is 0.277 e. The minimum absolute atomic E-state index is 0.206. The molecule has 25 heavy (non-hydrogen) atoms. The first-order chi connectivity index (χ1) is 12.2. The number of hydrogen-bond donors (Lipinski definition) is 3. The Morgan fingerprint density at radius 2 is 1.72 bits per heavy atom. The number of amides is 1. The quantitative estimate of drug-likeness (QED) is 0.530. The third-order valence-corrected chi connectivity index (χ3v) is 3.76. The van der Waals surface area contributed by atoms with Crippen LogP contribution in [-0.4, -0.2) is 31.5 Å². The first-order valence-corrected chi connectivity index (χ1v) is 7.47. The summed E-state index contributed by atoms with van der Waals surface area (Å²) in [5.41, 5.74) is 2.09. The Morgan fingerprint density at radius 1 is 0.960 bits per heavy atom. The number of rotatable bonds is 3. The second-order valence-electron chi connectivity index (χ2n) is 5.33. The number of aromatic nitrogens is 5. The van der Waals surface area contributed by atoms with Crippen LogP contribution in [0.1, 0.15) is 10.5 Å². The van der Waals surface area contributed by atoms with Crippen molar-refractivity contribution in [2.45, 2.75) is 0 Å². The summed E-state index contributed by atoms with van der Waals surface area (Å²) < 4.78 is 0. The van der Waals surface area contributed by atoms with Gasteiger partial charge in [0.25, 0.3) is 11.5 Å². The molecule has 2 aromatic carbocycles. The molecular weight excluding hydrogens is 320 g/mol. The van der Waals surface area contributed by atoms with E-state index in [0.29, 0.717) is 16.8 Å². The van der Waals surface area contributed by atoms with Crippen molar-refractivity contribution in [3.05, 3.63) is 70.8 Å². The van der Waals surface area contributed by atoms with Gasteiger partial charge in [-0.3, -0.25) is 9.59 Å². The Hall–Kier alpha value is -3.81. The summed E-state index contributed by atoms with van der Waals surface area (Å²) in [6, 6.07) is 14.4. The summed E-state index contributed by atoms with van der Waals surface area (Å²) in [6.07, 6.45) is 1.35. The number of aromatic amines is 2. The van der Waals surface area contributed by atoms with E-state index >= 15 is 0 Å². The Balaban J connectivity index is 1.66. The number of H-pyrrole nitrogens is 2. The van der Waals surface area contributed by atoms with Crippen LogP contribution in [0.15, 0.2) is 59.5 Å². The largest absolute Gasteiger partial charge is 0.321 e. The lowest BCUT2D eigenvalue weighted by atomic mass is 10.0. The lowest BCUT2D eigenvalue weighted by Gasteiger charge is -2.07. The Labute approximate surface area is 140 Å². The van der Waals surface area contributed by atoms with Crippen LogP contribution >= 0.6 is 0 Å². The van der Waals surface area contributed by atoms with Crippen LogP contribution in [0, 0.1) is 0 Å². The molecule has 8 heteroatoms. The van der Waals surface area contributed by atoms with Crippen LogP contribution in [0.5, 0.6) is 0 Å². The highest BCUT2D eigenvalue weighted by Crippen LogP contribution is 2.25. The average molecular weight is 332 g/mol. The van der Waals surface area contributed by atoms with Gasteiger partial charge in [0.05, 0.1) is 17.3 Å². The van der Waals surface area contributed by atoms with Gasteiger partial charge < -0.3 is 5.32 Å². The zero-order chi connectivity index (χ0) is 17.2. The predicted molar refractivity (Wildman–Crippen MR) is 92.1 cm³/mol. The fourth-order valence-electron chi connectivity index (χ4n) is 2.55. The van der Waals surface area contributed by atoms with Gasteiger partial charge >= 0.3 is 0 Å². The maximum atomic E-state index is 12.0. The number of carbonyl (C=O) groups is 1. The van der Waals surface area contributed by atoms with Crippen LogP contribution in [-0.2, 0) is 0 Å². The van der Waals surface area contributed by atoms with E-state index in [4.69, 9.17) is 0 Å². The molecule has 122 valence electrons. The van der Waals surface area contributed by atoms with E-state index in [1.807, 2.05) is 30.3 Å². The second-order valence-corrected chi connectivity index (χ2v) is 5.33. The minimum atomic E-state index is -0.353. The molecule has 4 rings (SSSR count). The number of nitrogens with zero attached hydrogens (tertiary/aromatic N) is 3. The molecule has 0 fully saturated rings. The van der Waals surface area contributed by atoms with Crippen molar-refractivity contribution in [1.29, 1.82) is 0 Å². The van der Waals surface area contributed by atoms with Crippen LogP contribution in [0.3, 0.4) is 0 Å². The third kappa shape index (κ3) is 2.76. The van der Waals surface area contributed by atoms with Crippen molar-refractivity contribution in [1.82, 2.24) is 25.6 Å². The number of hydrogen-bond acceptors (Lipinski definition) is 5. The summed E-state index contributed by atoms with van der Waals surface area (Å²) in [7, 11) is 0. The molecule has 4 aromatic rings. The summed E-state index contributed by atoms with van der Waals surface area (Å²) in [6.45, 7) is 0. The normalized spacial score (nSPS) is 10.7. The molecule has 0 radical (unpaired) electrons. The molecule has 0 saturated heterocycles. The van der Waals surface area contributed by atoms with Gasteiger partial charge in [-0.05, 0) is 18.2 Å². The highest BCUT2D eigenvalue weighted by Gasteiger charge is 2.11. The fraction of sp³-hybridized carbons (Fsp3) is 0. The monoisotopic (exact) mass is 332 g/mol. The molecular formula is C17H12N6O2. The molecule has 1 amide bonds. The number of benzene rings is 2. The molecule has 2 heterocycles. The van der Waals surface area contributed by atoms with E-state index in [-0.39, 0.29) is 17.2 Å². The summed E-state index contributed by atoms with van der Waals surface area (Å²) >= 11 is 0. The van der Waals surface area contributed by atoms with Crippen LogP contribution in [0.4, 0.5) is 5.69 Å². The zero-order valence-corrected chi connectivity index (χ0v) is 12.9. The Morgan fingerprint density at radius 3 is 2.44 bits per heavy atom. The van der Waals surface area contributed by atoms with Crippen LogP contribution < -0.4 is 10.9 Å². The van der Waals surface area contributed by atoms with E-state index in [2.05, 4.69) is 30.9 Å². The molecule has 0 aliphatic rings. The molecule has 8 nitrogen and oxygen atoms in total. The van der Waals surface area contributed by atoms with Crippen molar-refractivity contribution in [2.24, 2.45) is 0 Å². The topological polar surface area (TPSA) is 116 Å². The van der Waals surface area contributed by atoms with Gasteiger partial charge in [-0.1, -0.05) is 30.3 Å². The molecule has 3 N–H and O–H groups in total. The highest BCUT2D eigenvalue weighted by molar-refractivity contribution is 6.02. The Kier molecular flexibility index (Phi) is 3.55. The first-order valence-electron chi connectivity index (χ1n) is 7.47. The van der Waals surface area contributed by atoms with E-state index in [1.165, 1.54) is 6.20 Å². The molecule has 0 bridgehead atoms. The molecule has 0 saturated carbocycles. The summed E-state index contributed by atoms with van der Waals surface area (Å²) in [5.74, 6) is -0.353. The van der Waals surface area contributed by atoms with Gasteiger partial charge in [-0.2, -0.15) is 20.5 Å². The molecule has 0 aliphatic heterocycles. The molecule has 0 unspecified atom stereocenters. The highest BCUT2D eigenvalue weighted by atomic mass is 16.2. The SMILES string of the molecule is O=C(Nc1ccc(-c2n[nH]c(=O)c3ccccc23)cc1)c1cn[nH]n1. The number of nitrogens with one attached hydrogen (secondary N) is 3. The van der Waals surface area contributed by atoms with Crippen molar-refractivity contribution in [2.75, 3.05) is 5.32 Å². The van der Waals surface area contributed by atoms with Gasteiger partial charge in [-0.15, -0.1) is 0 Å². The predicted octanol–water partition coefficient (Wildman–Crippen LogP) is 1.96. The van der Waals surface area contributed by atoms with Gasteiger partial charge in [0, 0.05) is 16.6 Å².